The van der Waals surface area contributed by atoms with Crippen LogP contribution >= 0.6 is 11.6 Å². The number of hydrogen-bond donors (Lipinski definition) is 1. The van der Waals surface area contributed by atoms with Crippen molar-refractivity contribution in [2.24, 2.45) is 0 Å². The van der Waals surface area contributed by atoms with E-state index < -0.39 is 23.7 Å². The van der Waals surface area contributed by atoms with Gasteiger partial charge in [-0.25, -0.2) is 17.7 Å². The predicted molar refractivity (Wildman–Crippen MR) is 102 cm³/mol. The third-order valence-corrected chi connectivity index (χ3v) is 4.96. The number of nitrogens with one attached hydrogen (secondary N) is 1. The molecule has 3 heterocycles. The Morgan fingerprint density at radius 3 is 2.87 bits per heavy atom. The summed E-state index contributed by atoms with van der Waals surface area (Å²) in [5.41, 5.74) is -0.978. The Morgan fingerprint density at radius 1 is 1.40 bits per heavy atom. The van der Waals surface area contributed by atoms with Crippen molar-refractivity contribution in [3.8, 4) is 17.0 Å². The fourth-order valence-electron chi connectivity index (χ4n) is 3.19. The molecule has 1 saturated heterocycles. The molecule has 1 fully saturated rings. The minimum Gasteiger partial charge on any atom is -0.471 e. The Morgan fingerprint density at radius 2 is 2.20 bits per heavy atom. The highest BCUT2D eigenvalue weighted by Gasteiger charge is 2.25. The maximum absolute atomic E-state index is 14.9. The van der Waals surface area contributed by atoms with Crippen LogP contribution in [0.2, 0.25) is 5.02 Å². The predicted octanol–water partition coefficient (Wildman–Crippen LogP) is 3.65. The number of fused-ring (bicyclic) bond motifs is 1. The second-order valence-electron chi connectivity index (χ2n) is 6.63. The molecule has 11 heteroatoms. The molecule has 0 aliphatic carbocycles. The molecule has 1 atom stereocenters. The fourth-order valence-corrected chi connectivity index (χ4v) is 3.37. The molecule has 1 unspecified atom stereocenters. The summed E-state index contributed by atoms with van der Waals surface area (Å²) >= 11 is 6.21. The number of carbonyl (C=O) groups is 1. The molecule has 3 aromatic rings. The van der Waals surface area contributed by atoms with Crippen LogP contribution in [0.5, 0.6) is 5.88 Å². The van der Waals surface area contributed by atoms with Gasteiger partial charge in [-0.05, 0) is 12.1 Å². The third kappa shape index (κ3) is 3.68. The number of nitrogens with zero attached hydrogens (tertiary/aromatic N) is 3. The first-order valence-corrected chi connectivity index (χ1v) is 9.39. The van der Waals surface area contributed by atoms with Crippen LogP contribution < -0.4 is 10.1 Å². The Hall–Kier alpha value is -2.85. The van der Waals surface area contributed by atoms with Gasteiger partial charge >= 0.3 is 0 Å². The molecule has 0 bridgehead atoms. The van der Waals surface area contributed by atoms with Gasteiger partial charge in [-0.2, -0.15) is 10.1 Å². The summed E-state index contributed by atoms with van der Waals surface area (Å²) in [5.74, 6) is -1.69. The van der Waals surface area contributed by atoms with Gasteiger partial charge in [0.25, 0.3) is 12.3 Å². The Labute approximate surface area is 173 Å². The van der Waals surface area contributed by atoms with Gasteiger partial charge in [0, 0.05) is 30.2 Å². The lowest BCUT2D eigenvalue weighted by Crippen LogP contribution is -2.18. The molecule has 0 saturated carbocycles. The van der Waals surface area contributed by atoms with Gasteiger partial charge in [0.15, 0.2) is 5.65 Å². The van der Waals surface area contributed by atoms with Crippen LogP contribution in [0.15, 0.2) is 24.5 Å². The van der Waals surface area contributed by atoms with Crippen LogP contribution in [0.1, 0.15) is 28.8 Å². The summed E-state index contributed by atoms with van der Waals surface area (Å²) in [7, 11) is 1.35. The smallest absolute Gasteiger partial charge is 0.266 e. The molecule has 1 amide bonds. The van der Waals surface area contributed by atoms with Gasteiger partial charge in [0.2, 0.25) is 5.88 Å². The third-order valence-electron chi connectivity index (χ3n) is 4.70. The van der Waals surface area contributed by atoms with Crippen LogP contribution in [-0.4, -0.2) is 46.9 Å². The quantitative estimate of drug-likeness (QED) is 0.655. The number of hydrogen-bond acceptors (Lipinski definition) is 5. The van der Waals surface area contributed by atoms with E-state index in [1.54, 1.807) is 0 Å². The van der Waals surface area contributed by atoms with Gasteiger partial charge in [0.05, 0.1) is 31.2 Å². The molecule has 30 heavy (non-hydrogen) atoms. The molecule has 1 N–H and O–H groups in total. The maximum atomic E-state index is 14.9. The summed E-state index contributed by atoms with van der Waals surface area (Å²) in [4.78, 5) is 16.3. The number of halogens is 4. The minimum absolute atomic E-state index is 0.0957. The molecule has 7 nitrogen and oxygen atoms in total. The molecule has 4 rings (SSSR count). The number of ether oxygens (including phenoxy) is 2. The number of aromatic nitrogens is 3. The van der Waals surface area contributed by atoms with Crippen LogP contribution in [0.3, 0.4) is 0 Å². The van der Waals surface area contributed by atoms with Gasteiger partial charge < -0.3 is 14.8 Å². The molecule has 2 aromatic heterocycles. The summed E-state index contributed by atoms with van der Waals surface area (Å²) in [6.45, 7) is 0.937. The average molecular weight is 441 g/mol. The Bertz CT molecular complexity index is 1120. The molecule has 0 radical (unpaired) electrons. The summed E-state index contributed by atoms with van der Waals surface area (Å²) in [6.07, 6.45) is 0.00662. The van der Waals surface area contributed by atoms with Gasteiger partial charge in [-0.15, -0.1) is 0 Å². The standard InChI is InChI=1S/C19H16ClF3N4O3/c1-24-18(28)9-4-11(15(21)12(5-9)16(22)23)13-6-25-27-7-14(20)19(26-17(13)27)30-10-2-3-29-8-10/h4-7,10,16H,2-3,8H2,1H3,(H,24,28). The lowest BCUT2D eigenvalue weighted by molar-refractivity contribution is 0.0962. The zero-order chi connectivity index (χ0) is 21.4. The minimum atomic E-state index is -3.11. The first-order valence-electron chi connectivity index (χ1n) is 9.01. The highest BCUT2D eigenvalue weighted by Crippen LogP contribution is 2.35. The van der Waals surface area contributed by atoms with Gasteiger partial charge in [-0.3, -0.25) is 4.79 Å². The lowest BCUT2D eigenvalue weighted by Gasteiger charge is -2.13. The highest BCUT2D eigenvalue weighted by atomic mass is 35.5. The van der Waals surface area contributed by atoms with E-state index in [1.807, 2.05) is 0 Å². The molecular formula is C19H16ClF3N4O3. The van der Waals surface area contributed by atoms with Crippen LogP contribution in [0, 0.1) is 5.82 Å². The van der Waals surface area contributed by atoms with E-state index in [0.29, 0.717) is 19.6 Å². The molecule has 158 valence electrons. The van der Waals surface area contributed by atoms with E-state index in [9.17, 15) is 18.0 Å². The molecule has 0 spiro atoms. The van der Waals surface area contributed by atoms with Crippen LogP contribution in [0.4, 0.5) is 13.2 Å². The van der Waals surface area contributed by atoms with Crippen LogP contribution in [-0.2, 0) is 4.74 Å². The number of benzene rings is 1. The Kier molecular flexibility index (Phi) is 5.52. The van der Waals surface area contributed by atoms with Crippen molar-refractivity contribution in [2.75, 3.05) is 20.3 Å². The van der Waals surface area contributed by atoms with E-state index in [1.165, 1.54) is 30.0 Å². The maximum Gasteiger partial charge on any atom is 0.266 e. The number of rotatable bonds is 5. The van der Waals surface area contributed by atoms with E-state index in [-0.39, 0.29) is 39.3 Å². The van der Waals surface area contributed by atoms with Crippen molar-refractivity contribution in [1.82, 2.24) is 19.9 Å². The Balaban J connectivity index is 1.86. The SMILES string of the molecule is CNC(=O)c1cc(-c2cnn3cc(Cl)c(OC4CCOC4)nc23)c(F)c(C(F)F)c1. The van der Waals surface area contributed by atoms with Crippen molar-refractivity contribution < 1.29 is 27.4 Å². The average Bonchev–Trinajstić information content (AvgIpc) is 3.37. The van der Waals surface area contributed by atoms with Crippen molar-refractivity contribution in [3.05, 3.63) is 46.5 Å². The molecule has 1 aromatic carbocycles. The number of carbonyl (C=O) groups excluding carboxylic acids is 1. The van der Waals surface area contributed by atoms with Crippen molar-refractivity contribution in [2.45, 2.75) is 19.0 Å². The lowest BCUT2D eigenvalue weighted by atomic mass is 10.00. The molecule has 1 aliphatic rings. The van der Waals surface area contributed by atoms with Crippen molar-refractivity contribution in [1.29, 1.82) is 0 Å². The van der Waals surface area contributed by atoms with E-state index in [2.05, 4.69) is 15.4 Å². The molecular weight excluding hydrogens is 425 g/mol. The largest absolute Gasteiger partial charge is 0.471 e. The molecule has 1 aliphatic heterocycles. The van der Waals surface area contributed by atoms with Gasteiger partial charge in [-0.1, -0.05) is 11.6 Å². The van der Waals surface area contributed by atoms with Crippen LogP contribution in [0.25, 0.3) is 16.8 Å². The second-order valence-corrected chi connectivity index (χ2v) is 7.04. The highest BCUT2D eigenvalue weighted by molar-refractivity contribution is 6.31. The number of amides is 1. The second kappa shape index (κ2) is 8.11. The van der Waals surface area contributed by atoms with Crippen molar-refractivity contribution >= 4 is 23.2 Å². The monoisotopic (exact) mass is 440 g/mol. The van der Waals surface area contributed by atoms with E-state index >= 15 is 0 Å². The normalized spacial score (nSPS) is 16.4. The van der Waals surface area contributed by atoms with E-state index in [4.69, 9.17) is 21.1 Å². The number of alkyl halides is 2. The van der Waals surface area contributed by atoms with Gasteiger partial charge in [0.1, 0.15) is 16.9 Å². The topological polar surface area (TPSA) is 77.8 Å². The summed E-state index contributed by atoms with van der Waals surface area (Å²) in [6, 6.07) is 2.01. The summed E-state index contributed by atoms with van der Waals surface area (Å²) in [5, 5.41) is 6.59. The van der Waals surface area contributed by atoms with E-state index in [0.717, 1.165) is 6.07 Å². The fraction of sp³-hybridized carbons (Fsp3) is 0.316. The first-order chi connectivity index (χ1) is 14.4. The van der Waals surface area contributed by atoms with Crippen molar-refractivity contribution in [3.63, 3.8) is 0 Å². The summed E-state index contributed by atoms with van der Waals surface area (Å²) < 4.78 is 54.0. The zero-order valence-electron chi connectivity index (χ0n) is 15.7. The zero-order valence-corrected chi connectivity index (χ0v) is 16.4. The first kappa shape index (κ1) is 20.4.